The minimum atomic E-state index is -0.335. The number of aromatic nitrogens is 1. The van der Waals surface area contributed by atoms with Crippen molar-refractivity contribution in [1.29, 1.82) is 0 Å². The maximum absolute atomic E-state index is 13.0. The first-order chi connectivity index (χ1) is 13.7. The monoisotopic (exact) mass is 373 g/mol. The fourth-order valence-corrected chi connectivity index (χ4v) is 3.39. The van der Waals surface area contributed by atoms with Gasteiger partial charge in [0, 0.05) is 25.5 Å². The van der Waals surface area contributed by atoms with Crippen LogP contribution >= 0.6 is 0 Å². The lowest BCUT2D eigenvalue weighted by atomic mass is 10.0. The summed E-state index contributed by atoms with van der Waals surface area (Å²) in [7, 11) is 1.55. The molecular weight excluding hydrogens is 354 g/mol. The maximum Gasteiger partial charge on any atom is 0.256 e. The van der Waals surface area contributed by atoms with Gasteiger partial charge in [-0.05, 0) is 35.4 Å². The number of hydrogen-bond acceptors (Lipinski definition) is 4. The Labute approximate surface area is 162 Å². The van der Waals surface area contributed by atoms with Gasteiger partial charge in [-0.2, -0.15) is 0 Å². The van der Waals surface area contributed by atoms with Gasteiger partial charge in [-0.15, -0.1) is 0 Å². The number of carbonyl (C=O) groups is 2. The Morgan fingerprint density at radius 2 is 2.00 bits per heavy atom. The molecule has 28 heavy (non-hydrogen) atoms. The summed E-state index contributed by atoms with van der Waals surface area (Å²) in [4.78, 5) is 31.7. The molecule has 140 valence electrons. The van der Waals surface area contributed by atoms with Crippen LogP contribution in [0, 0.1) is 0 Å². The zero-order chi connectivity index (χ0) is 19.5. The highest BCUT2D eigenvalue weighted by Crippen LogP contribution is 2.29. The van der Waals surface area contributed by atoms with Gasteiger partial charge in [0.25, 0.3) is 11.8 Å². The van der Waals surface area contributed by atoms with Crippen LogP contribution in [0.2, 0.25) is 0 Å². The number of anilines is 1. The highest BCUT2D eigenvalue weighted by molar-refractivity contribution is 6.14. The van der Waals surface area contributed by atoms with Gasteiger partial charge < -0.3 is 15.0 Å². The number of carbonyl (C=O) groups excluding carboxylic acids is 2. The number of rotatable bonds is 5. The lowest BCUT2D eigenvalue weighted by Gasteiger charge is -2.15. The zero-order valence-electron chi connectivity index (χ0n) is 15.4. The van der Waals surface area contributed by atoms with Gasteiger partial charge >= 0.3 is 0 Å². The number of pyridine rings is 1. The van der Waals surface area contributed by atoms with Crippen LogP contribution in [0.4, 0.5) is 5.69 Å². The van der Waals surface area contributed by atoms with Gasteiger partial charge in [0.1, 0.15) is 5.75 Å². The van der Waals surface area contributed by atoms with Crippen LogP contribution in [0.15, 0.2) is 67.0 Å². The second-order valence-electron chi connectivity index (χ2n) is 6.52. The lowest BCUT2D eigenvalue weighted by molar-refractivity contribution is 0.0763. The molecular formula is C22H19N3O3. The van der Waals surface area contributed by atoms with Gasteiger partial charge in [-0.3, -0.25) is 14.6 Å². The number of para-hydroxylation sites is 2. The molecule has 2 heterocycles. The van der Waals surface area contributed by atoms with Gasteiger partial charge in [-0.1, -0.05) is 30.3 Å². The van der Waals surface area contributed by atoms with Crippen LogP contribution in [0.25, 0.3) is 0 Å². The van der Waals surface area contributed by atoms with E-state index in [-0.39, 0.29) is 11.8 Å². The highest BCUT2D eigenvalue weighted by Gasteiger charge is 2.31. The zero-order valence-corrected chi connectivity index (χ0v) is 15.4. The number of hydrogen-bond donors (Lipinski definition) is 1. The quantitative estimate of drug-likeness (QED) is 0.743. The average Bonchev–Trinajstić information content (AvgIpc) is 3.04. The largest absolute Gasteiger partial charge is 0.495 e. The number of nitrogens with one attached hydrogen (secondary N) is 1. The highest BCUT2D eigenvalue weighted by atomic mass is 16.5. The summed E-state index contributed by atoms with van der Waals surface area (Å²) in [6.45, 7) is 0.924. The Morgan fingerprint density at radius 3 is 2.79 bits per heavy atom. The van der Waals surface area contributed by atoms with Gasteiger partial charge in [-0.25, -0.2) is 0 Å². The van der Waals surface area contributed by atoms with E-state index in [0.717, 1.165) is 11.1 Å². The summed E-state index contributed by atoms with van der Waals surface area (Å²) in [6.07, 6.45) is 3.44. The number of amides is 2. The van der Waals surface area contributed by atoms with E-state index in [2.05, 4.69) is 10.3 Å². The van der Waals surface area contributed by atoms with E-state index in [4.69, 9.17) is 4.74 Å². The molecule has 1 aliphatic heterocycles. The van der Waals surface area contributed by atoms with E-state index < -0.39 is 0 Å². The number of benzene rings is 2. The summed E-state index contributed by atoms with van der Waals surface area (Å²) in [6, 6.07) is 16.3. The van der Waals surface area contributed by atoms with Crippen LogP contribution in [0.1, 0.15) is 31.8 Å². The standard InChI is InChI=1S/C22H19N3O3/c1-28-19-10-3-2-9-18(19)24-21(26)17-8-4-7-16-14-25(22(27)20(16)17)13-15-6-5-11-23-12-15/h2-12H,13-14H2,1H3,(H,24,26). The maximum atomic E-state index is 13.0. The summed E-state index contributed by atoms with van der Waals surface area (Å²) in [5, 5.41) is 2.85. The molecule has 3 aromatic rings. The Bertz CT molecular complexity index is 1030. The molecule has 1 aliphatic rings. The second kappa shape index (κ2) is 7.52. The predicted octanol–water partition coefficient (Wildman–Crippen LogP) is 3.50. The Kier molecular flexibility index (Phi) is 4.76. The molecule has 2 amide bonds. The van der Waals surface area contributed by atoms with E-state index in [1.807, 2.05) is 30.3 Å². The molecule has 0 aliphatic carbocycles. The number of methoxy groups -OCH3 is 1. The molecule has 0 fully saturated rings. The molecule has 0 saturated heterocycles. The molecule has 0 radical (unpaired) electrons. The number of fused-ring (bicyclic) bond motifs is 1. The van der Waals surface area contributed by atoms with E-state index >= 15 is 0 Å². The fourth-order valence-electron chi connectivity index (χ4n) is 3.39. The van der Waals surface area contributed by atoms with Crippen molar-refractivity contribution < 1.29 is 14.3 Å². The Morgan fingerprint density at radius 1 is 1.14 bits per heavy atom. The van der Waals surface area contributed by atoms with Gasteiger partial charge in [0.2, 0.25) is 0 Å². The third-order valence-corrected chi connectivity index (χ3v) is 4.71. The first-order valence-electron chi connectivity index (χ1n) is 8.92. The van der Waals surface area contributed by atoms with Crippen LogP contribution in [-0.2, 0) is 13.1 Å². The third-order valence-electron chi connectivity index (χ3n) is 4.71. The van der Waals surface area contributed by atoms with E-state index in [0.29, 0.717) is 35.7 Å². The number of ether oxygens (including phenoxy) is 1. The van der Waals surface area contributed by atoms with Crippen molar-refractivity contribution >= 4 is 17.5 Å². The number of nitrogens with zero attached hydrogens (tertiary/aromatic N) is 2. The minimum absolute atomic E-state index is 0.148. The van der Waals surface area contributed by atoms with Crippen molar-refractivity contribution in [2.24, 2.45) is 0 Å². The van der Waals surface area contributed by atoms with E-state index in [1.165, 1.54) is 0 Å². The van der Waals surface area contributed by atoms with Crippen molar-refractivity contribution in [2.45, 2.75) is 13.1 Å². The van der Waals surface area contributed by atoms with Crippen LogP contribution in [0.3, 0.4) is 0 Å². The second-order valence-corrected chi connectivity index (χ2v) is 6.52. The molecule has 6 nitrogen and oxygen atoms in total. The first kappa shape index (κ1) is 17.7. The van der Waals surface area contributed by atoms with Crippen LogP contribution in [0.5, 0.6) is 5.75 Å². The third kappa shape index (κ3) is 3.32. The topological polar surface area (TPSA) is 71.5 Å². The van der Waals surface area contributed by atoms with Gasteiger partial charge in [0.15, 0.2) is 0 Å². The summed E-state index contributed by atoms with van der Waals surface area (Å²) < 4.78 is 5.28. The van der Waals surface area contributed by atoms with Crippen molar-refractivity contribution in [3.8, 4) is 5.75 Å². The SMILES string of the molecule is COc1ccccc1NC(=O)c1cccc2c1C(=O)N(Cc1cccnc1)C2. The molecule has 0 atom stereocenters. The summed E-state index contributed by atoms with van der Waals surface area (Å²) in [5.41, 5.74) is 3.18. The molecule has 0 spiro atoms. The summed E-state index contributed by atoms with van der Waals surface area (Å²) in [5.74, 6) is 0.0792. The molecule has 0 unspecified atom stereocenters. The average molecular weight is 373 g/mol. The van der Waals surface area contributed by atoms with Crippen LogP contribution < -0.4 is 10.1 Å². The lowest BCUT2D eigenvalue weighted by Crippen LogP contribution is -2.25. The molecule has 1 N–H and O–H groups in total. The molecule has 0 bridgehead atoms. The predicted molar refractivity (Wildman–Crippen MR) is 105 cm³/mol. The molecule has 6 heteroatoms. The molecule has 0 saturated carbocycles. The van der Waals surface area contributed by atoms with Crippen molar-refractivity contribution in [3.05, 3.63) is 89.2 Å². The minimum Gasteiger partial charge on any atom is -0.495 e. The molecule has 1 aromatic heterocycles. The molecule has 2 aromatic carbocycles. The van der Waals surface area contributed by atoms with Gasteiger partial charge in [0.05, 0.1) is 23.9 Å². The Hall–Kier alpha value is -3.67. The Balaban J connectivity index is 1.60. The summed E-state index contributed by atoms with van der Waals surface area (Å²) >= 11 is 0. The van der Waals surface area contributed by atoms with E-state index in [1.54, 1.807) is 48.7 Å². The van der Waals surface area contributed by atoms with E-state index in [9.17, 15) is 9.59 Å². The van der Waals surface area contributed by atoms with Crippen molar-refractivity contribution in [3.63, 3.8) is 0 Å². The smallest absolute Gasteiger partial charge is 0.256 e. The molecule has 4 rings (SSSR count). The van der Waals surface area contributed by atoms with Crippen LogP contribution in [-0.4, -0.2) is 28.8 Å². The fraction of sp³-hybridized carbons (Fsp3) is 0.136. The van der Waals surface area contributed by atoms with Crippen molar-refractivity contribution in [1.82, 2.24) is 9.88 Å². The van der Waals surface area contributed by atoms with Crippen molar-refractivity contribution in [2.75, 3.05) is 12.4 Å². The normalized spacial score (nSPS) is 12.6. The first-order valence-corrected chi connectivity index (χ1v) is 8.92.